The summed E-state index contributed by atoms with van der Waals surface area (Å²) < 4.78 is 7.73. The van der Waals surface area contributed by atoms with Crippen molar-refractivity contribution in [2.75, 3.05) is 25.4 Å². The number of aromatic nitrogens is 2. The second-order valence-electron chi connectivity index (χ2n) is 7.88. The second kappa shape index (κ2) is 8.75. The van der Waals surface area contributed by atoms with Gasteiger partial charge in [0.1, 0.15) is 11.4 Å². The molecule has 3 heterocycles. The third-order valence-electron chi connectivity index (χ3n) is 5.57. The summed E-state index contributed by atoms with van der Waals surface area (Å²) in [5.41, 5.74) is 10.4. The number of benzene rings is 1. The van der Waals surface area contributed by atoms with E-state index in [0.29, 0.717) is 25.4 Å². The third-order valence-corrected chi connectivity index (χ3v) is 5.57. The number of fused-ring (bicyclic) bond motifs is 1. The Balaban J connectivity index is 1.68. The summed E-state index contributed by atoms with van der Waals surface area (Å²) in [6.45, 7) is 4.82. The highest BCUT2D eigenvalue weighted by atomic mass is 16.5. The number of aliphatic carboxylic acids is 1. The van der Waals surface area contributed by atoms with E-state index in [9.17, 15) is 9.90 Å². The van der Waals surface area contributed by atoms with E-state index in [4.69, 9.17) is 15.5 Å². The van der Waals surface area contributed by atoms with E-state index in [0.717, 1.165) is 54.2 Å². The first-order valence-corrected chi connectivity index (χ1v) is 10.5. The predicted octanol–water partition coefficient (Wildman–Crippen LogP) is 3.67. The van der Waals surface area contributed by atoms with Crippen molar-refractivity contribution in [3.63, 3.8) is 0 Å². The van der Waals surface area contributed by atoms with Crippen molar-refractivity contribution in [3.8, 4) is 17.0 Å². The number of carboxylic acids is 1. The quantitative estimate of drug-likeness (QED) is 0.620. The highest BCUT2D eigenvalue weighted by molar-refractivity contribution is 5.70. The normalized spacial score (nSPS) is 17.3. The summed E-state index contributed by atoms with van der Waals surface area (Å²) in [5.74, 6) is -0.193. The van der Waals surface area contributed by atoms with Gasteiger partial charge in [-0.15, -0.1) is 0 Å². The van der Waals surface area contributed by atoms with Crippen molar-refractivity contribution < 1.29 is 14.6 Å². The molecule has 0 radical (unpaired) electrons. The van der Waals surface area contributed by atoms with Crippen LogP contribution in [0.3, 0.4) is 0 Å². The van der Waals surface area contributed by atoms with Gasteiger partial charge >= 0.3 is 5.97 Å². The van der Waals surface area contributed by atoms with Crippen LogP contribution in [0.5, 0.6) is 5.75 Å². The van der Waals surface area contributed by atoms with Gasteiger partial charge in [-0.25, -0.2) is 4.98 Å². The minimum Gasteiger partial charge on any atom is -0.494 e. The van der Waals surface area contributed by atoms with Crippen molar-refractivity contribution in [3.05, 3.63) is 48.3 Å². The van der Waals surface area contributed by atoms with Crippen molar-refractivity contribution >= 4 is 17.3 Å². The molecule has 1 fully saturated rings. The van der Waals surface area contributed by atoms with E-state index in [-0.39, 0.29) is 5.92 Å². The molecule has 30 heavy (non-hydrogen) atoms. The van der Waals surface area contributed by atoms with Crippen LogP contribution in [0.4, 0.5) is 5.69 Å². The molecule has 1 unspecified atom stereocenters. The number of nitrogens with zero attached hydrogens (tertiary/aromatic N) is 3. The molecule has 3 N–H and O–H groups in total. The average Bonchev–Trinajstić information content (AvgIpc) is 3.10. The molecule has 0 spiro atoms. The zero-order valence-electron chi connectivity index (χ0n) is 17.3. The molecule has 158 valence electrons. The first-order valence-electron chi connectivity index (χ1n) is 10.5. The fourth-order valence-electron chi connectivity index (χ4n) is 4.03. The van der Waals surface area contributed by atoms with E-state index in [1.54, 1.807) is 0 Å². The van der Waals surface area contributed by atoms with Gasteiger partial charge in [-0.1, -0.05) is 6.92 Å². The molecule has 7 nitrogen and oxygen atoms in total. The molecule has 0 saturated carbocycles. The summed E-state index contributed by atoms with van der Waals surface area (Å²) in [4.78, 5) is 18.5. The van der Waals surface area contributed by atoms with E-state index >= 15 is 0 Å². The topological polar surface area (TPSA) is 93.1 Å². The molecule has 1 atom stereocenters. The minimum absolute atomic E-state index is 0.318. The molecule has 1 aromatic carbocycles. The van der Waals surface area contributed by atoms with E-state index in [2.05, 4.69) is 11.8 Å². The van der Waals surface area contributed by atoms with Crippen LogP contribution in [0.25, 0.3) is 16.9 Å². The Bertz CT molecular complexity index is 1030. The lowest BCUT2D eigenvalue weighted by atomic mass is 9.98. The van der Waals surface area contributed by atoms with Gasteiger partial charge in [0.15, 0.2) is 0 Å². The number of carbonyl (C=O) groups is 1. The Morgan fingerprint density at radius 2 is 2.07 bits per heavy atom. The van der Waals surface area contributed by atoms with E-state index < -0.39 is 5.97 Å². The lowest BCUT2D eigenvalue weighted by Gasteiger charge is -2.30. The lowest BCUT2D eigenvalue weighted by Crippen LogP contribution is -2.38. The number of pyridine rings is 1. The van der Waals surface area contributed by atoms with Crippen LogP contribution in [0, 0.1) is 5.92 Å². The smallest absolute Gasteiger partial charge is 0.307 e. The van der Waals surface area contributed by atoms with Crippen LogP contribution in [-0.2, 0) is 11.3 Å². The van der Waals surface area contributed by atoms with Crippen molar-refractivity contribution in [2.45, 2.75) is 32.7 Å². The highest BCUT2D eigenvalue weighted by Crippen LogP contribution is 2.29. The SMILES string of the molecule is CCCOc1ccc(-c2nc3ccc(N)cn3c2CN2CCCC(C(=O)O)C2)cc1. The number of ether oxygens (including phenoxy) is 1. The van der Waals surface area contributed by atoms with E-state index in [1.165, 1.54) is 0 Å². The Morgan fingerprint density at radius 1 is 1.27 bits per heavy atom. The zero-order valence-corrected chi connectivity index (χ0v) is 17.3. The largest absolute Gasteiger partial charge is 0.494 e. The van der Waals surface area contributed by atoms with Crippen molar-refractivity contribution in [1.82, 2.24) is 14.3 Å². The molecule has 7 heteroatoms. The van der Waals surface area contributed by atoms with Crippen LogP contribution < -0.4 is 10.5 Å². The predicted molar refractivity (Wildman–Crippen MR) is 116 cm³/mol. The van der Waals surface area contributed by atoms with Gasteiger partial charge in [-0.3, -0.25) is 9.69 Å². The van der Waals surface area contributed by atoms with Gasteiger partial charge in [0, 0.05) is 30.5 Å². The van der Waals surface area contributed by atoms with Gasteiger partial charge in [-0.2, -0.15) is 0 Å². The van der Waals surface area contributed by atoms with Gasteiger partial charge in [-0.05, 0) is 62.2 Å². The molecular weight excluding hydrogens is 380 g/mol. The fourth-order valence-corrected chi connectivity index (χ4v) is 4.03. The maximum Gasteiger partial charge on any atom is 0.307 e. The highest BCUT2D eigenvalue weighted by Gasteiger charge is 2.27. The average molecular weight is 409 g/mol. The number of carboxylic acid groups (broad SMARTS) is 1. The van der Waals surface area contributed by atoms with Gasteiger partial charge in [0.2, 0.25) is 0 Å². The summed E-state index contributed by atoms with van der Waals surface area (Å²) in [5, 5.41) is 9.44. The van der Waals surface area contributed by atoms with Gasteiger partial charge in [0.25, 0.3) is 0 Å². The Labute approximate surface area is 176 Å². The van der Waals surface area contributed by atoms with Crippen LogP contribution >= 0.6 is 0 Å². The maximum atomic E-state index is 11.5. The first-order chi connectivity index (χ1) is 14.5. The summed E-state index contributed by atoms with van der Waals surface area (Å²) in [7, 11) is 0. The van der Waals surface area contributed by atoms with Gasteiger partial charge < -0.3 is 20.0 Å². The molecule has 1 aliphatic rings. The monoisotopic (exact) mass is 408 g/mol. The first kappa shape index (κ1) is 20.2. The summed E-state index contributed by atoms with van der Waals surface area (Å²) in [6, 6.07) is 11.7. The molecule has 0 aliphatic carbocycles. The van der Waals surface area contributed by atoms with Crippen LogP contribution in [-0.4, -0.2) is 45.1 Å². The fraction of sp³-hybridized carbons (Fsp3) is 0.391. The molecule has 2 aromatic heterocycles. The number of imidazole rings is 1. The second-order valence-corrected chi connectivity index (χ2v) is 7.88. The minimum atomic E-state index is -0.718. The summed E-state index contributed by atoms with van der Waals surface area (Å²) >= 11 is 0. The molecule has 4 rings (SSSR count). The lowest BCUT2D eigenvalue weighted by molar-refractivity contribution is -0.143. The Kier molecular flexibility index (Phi) is 5.90. The Morgan fingerprint density at radius 3 is 2.80 bits per heavy atom. The molecule has 0 bridgehead atoms. The summed E-state index contributed by atoms with van der Waals surface area (Å²) in [6.07, 6.45) is 4.47. The van der Waals surface area contributed by atoms with Crippen molar-refractivity contribution in [2.24, 2.45) is 5.92 Å². The zero-order chi connectivity index (χ0) is 21.1. The molecule has 3 aromatic rings. The molecule has 0 amide bonds. The van der Waals surface area contributed by atoms with Crippen LogP contribution in [0.1, 0.15) is 31.9 Å². The maximum absolute atomic E-state index is 11.5. The third kappa shape index (κ3) is 4.26. The molecule has 1 aliphatic heterocycles. The van der Waals surface area contributed by atoms with Crippen LogP contribution in [0.2, 0.25) is 0 Å². The van der Waals surface area contributed by atoms with Gasteiger partial charge in [0.05, 0.1) is 23.9 Å². The number of rotatable bonds is 7. The number of likely N-dealkylation sites (tertiary alicyclic amines) is 1. The number of nitrogens with two attached hydrogens (primary N) is 1. The van der Waals surface area contributed by atoms with Crippen LogP contribution in [0.15, 0.2) is 42.6 Å². The number of nitrogen functional groups attached to an aromatic ring is 1. The number of hydrogen-bond donors (Lipinski definition) is 2. The number of hydrogen-bond acceptors (Lipinski definition) is 5. The number of anilines is 1. The van der Waals surface area contributed by atoms with Crippen molar-refractivity contribution in [1.29, 1.82) is 0 Å². The van der Waals surface area contributed by atoms with E-state index in [1.807, 2.05) is 47.0 Å². The molecule has 1 saturated heterocycles. The standard InChI is InChI=1S/C23H28N4O3/c1-2-12-30-19-8-5-16(6-9-19)22-20(27-14-18(24)7-10-21(27)25-22)15-26-11-3-4-17(13-26)23(28)29/h5-10,14,17H,2-4,11-13,15,24H2,1H3,(H,28,29). The molecular formula is C23H28N4O3. The number of piperidine rings is 1. The Hall–Kier alpha value is -3.06.